The Balaban J connectivity index is 2.23. The van der Waals surface area contributed by atoms with Crippen molar-refractivity contribution in [3.8, 4) is 0 Å². The summed E-state index contributed by atoms with van der Waals surface area (Å²) >= 11 is 0. The van der Waals surface area contributed by atoms with Crippen LogP contribution in [0.4, 0.5) is 0 Å². The number of rotatable bonds is 4. The Morgan fingerprint density at radius 3 is 2.92 bits per heavy atom. The number of aliphatic imine (C=N–C) groups is 1. The maximum absolute atomic E-state index is 5.35. The highest BCUT2D eigenvalue weighted by molar-refractivity contribution is 5.79. The van der Waals surface area contributed by atoms with E-state index in [1.807, 2.05) is 32.9 Å². The minimum absolute atomic E-state index is 0.0701. The van der Waals surface area contributed by atoms with Gasteiger partial charge in [-0.2, -0.15) is 0 Å². The van der Waals surface area contributed by atoms with Crippen LogP contribution in [0.5, 0.6) is 0 Å². The first-order valence-corrected chi connectivity index (χ1v) is 4.54. The summed E-state index contributed by atoms with van der Waals surface area (Å²) < 4.78 is 10.7. The number of allylic oxidation sites excluding steroid dienone is 1. The molecule has 0 aliphatic carbocycles. The zero-order chi connectivity index (χ0) is 9.73. The van der Waals surface area contributed by atoms with Crippen LogP contribution in [0, 0.1) is 0 Å². The minimum atomic E-state index is -0.0701. The largest absolute Gasteiger partial charge is 0.477 e. The van der Waals surface area contributed by atoms with Crippen molar-refractivity contribution in [1.82, 2.24) is 0 Å². The van der Waals surface area contributed by atoms with Crippen LogP contribution >= 0.6 is 0 Å². The fourth-order valence-electron chi connectivity index (χ4n) is 1.05. The van der Waals surface area contributed by atoms with E-state index in [4.69, 9.17) is 9.47 Å². The van der Waals surface area contributed by atoms with Crippen LogP contribution < -0.4 is 0 Å². The summed E-state index contributed by atoms with van der Waals surface area (Å²) in [4.78, 5) is 4.36. The normalized spacial score (nSPS) is 20.4. The molecule has 0 aromatic rings. The van der Waals surface area contributed by atoms with E-state index in [9.17, 15) is 0 Å². The third kappa shape index (κ3) is 3.59. The lowest BCUT2D eigenvalue weighted by Crippen LogP contribution is -2.17. The smallest absolute Gasteiger partial charge is 0.210 e. The van der Waals surface area contributed by atoms with Crippen molar-refractivity contribution in [2.24, 2.45) is 4.99 Å². The molecule has 1 heterocycles. The molecule has 1 rings (SSSR count). The Labute approximate surface area is 79.5 Å². The van der Waals surface area contributed by atoms with Gasteiger partial charge in [-0.1, -0.05) is 12.2 Å². The summed E-state index contributed by atoms with van der Waals surface area (Å²) in [7, 11) is 0. The van der Waals surface area contributed by atoms with Crippen LogP contribution in [-0.2, 0) is 9.47 Å². The van der Waals surface area contributed by atoms with E-state index in [2.05, 4.69) is 4.99 Å². The Morgan fingerprint density at radius 2 is 2.38 bits per heavy atom. The van der Waals surface area contributed by atoms with Crippen molar-refractivity contribution >= 4 is 5.90 Å². The quantitative estimate of drug-likeness (QED) is 0.491. The molecule has 0 saturated carbocycles. The van der Waals surface area contributed by atoms with Crippen LogP contribution in [0.3, 0.4) is 0 Å². The second-order valence-electron chi connectivity index (χ2n) is 3.69. The standard InChI is InChI=1S/C10H17NO2/c1-4-5-6-12-7-9-11-10(2,3)8-13-9/h4-5H,6-8H2,1-3H3/b5-4+. The lowest BCUT2D eigenvalue weighted by atomic mass is 10.1. The Bertz CT molecular complexity index is 219. The molecule has 0 atom stereocenters. The molecule has 74 valence electrons. The molecular formula is C10H17NO2. The predicted molar refractivity (Wildman–Crippen MR) is 53.1 cm³/mol. The lowest BCUT2D eigenvalue weighted by Gasteiger charge is -2.07. The third-order valence-corrected chi connectivity index (χ3v) is 1.69. The van der Waals surface area contributed by atoms with E-state index in [0.717, 1.165) is 5.90 Å². The van der Waals surface area contributed by atoms with Gasteiger partial charge < -0.3 is 9.47 Å². The molecule has 1 aliphatic heterocycles. The van der Waals surface area contributed by atoms with E-state index < -0.39 is 0 Å². The van der Waals surface area contributed by atoms with Crippen molar-refractivity contribution in [3.05, 3.63) is 12.2 Å². The van der Waals surface area contributed by atoms with Gasteiger partial charge in [0.1, 0.15) is 13.2 Å². The summed E-state index contributed by atoms with van der Waals surface area (Å²) in [6, 6.07) is 0. The molecule has 0 radical (unpaired) electrons. The molecule has 0 fully saturated rings. The van der Waals surface area contributed by atoms with Crippen molar-refractivity contribution < 1.29 is 9.47 Å². The SMILES string of the molecule is C/C=C/COCC1=NC(C)(C)CO1. The van der Waals surface area contributed by atoms with E-state index in [1.54, 1.807) is 0 Å². The average Bonchev–Trinajstić information content (AvgIpc) is 2.40. The third-order valence-electron chi connectivity index (χ3n) is 1.69. The molecular weight excluding hydrogens is 166 g/mol. The van der Waals surface area contributed by atoms with E-state index in [-0.39, 0.29) is 5.54 Å². The average molecular weight is 183 g/mol. The molecule has 0 aromatic carbocycles. The minimum Gasteiger partial charge on any atom is -0.477 e. The second kappa shape index (κ2) is 4.42. The fourth-order valence-corrected chi connectivity index (χ4v) is 1.05. The van der Waals surface area contributed by atoms with Crippen molar-refractivity contribution in [2.75, 3.05) is 19.8 Å². The van der Waals surface area contributed by atoms with Crippen LogP contribution in [0.25, 0.3) is 0 Å². The summed E-state index contributed by atoms with van der Waals surface area (Å²) in [6.07, 6.45) is 3.92. The van der Waals surface area contributed by atoms with Gasteiger partial charge in [-0.25, -0.2) is 4.99 Å². The van der Waals surface area contributed by atoms with Gasteiger partial charge in [0.2, 0.25) is 5.90 Å². The zero-order valence-corrected chi connectivity index (χ0v) is 8.54. The van der Waals surface area contributed by atoms with Gasteiger partial charge in [-0.15, -0.1) is 0 Å². The van der Waals surface area contributed by atoms with Gasteiger partial charge in [0.05, 0.1) is 12.1 Å². The molecule has 0 unspecified atom stereocenters. The highest BCUT2D eigenvalue weighted by Gasteiger charge is 2.25. The maximum atomic E-state index is 5.35. The zero-order valence-electron chi connectivity index (χ0n) is 8.54. The van der Waals surface area contributed by atoms with Crippen LogP contribution in [0.2, 0.25) is 0 Å². The molecule has 0 saturated heterocycles. The molecule has 0 amide bonds. The Hall–Kier alpha value is -0.830. The second-order valence-corrected chi connectivity index (χ2v) is 3.69. The highest BCUT2D eigenvalue weighted by Crippen LogP contribution is 2.16. The molecule has 0 N–H and O–H groups in total. The van der Waals surface area contributed by atoms with Gasteiger partial charge in [0.25, 0.3) is 0 Å². The Morgan fingerprint density at radius 1 is 1.62 bits per heavy atom. The summed E-state index contributed by atoms with van der Waals surface area (Å²) in [5.41, 5.74) is -0.0701. The van der Waals surface area contributed by atoms with Crippen molar-refractivity contribution in [1.29, 1.82) is 0 Å². The number of nitrogens with zero attached hydrogens (tertiary/aromatic N) is 1. The monoisotopic (exact) mass is 183 g/mol. The van der Waals surface area contributed by atoms with Crippen molar-refractivity contribution in [2.45, 2.75) is 26.3 Å². The lowest BCUT2D eigenvalue weighted by molar-refractivity contribution is 0.178. The van der Waals surface area contributed by atoms with Gasteiger partial charge in [-0.05, 0) is 20.8 Å². The van der Waals surface area contributed by atoms with E-state index in [0.29, 0.717) is 19.8 Å². The van der Waals surface area contributed by atoms with Gasteiger partial charge in [0, 0.05) is 0 Å². The molecule has 0 bridgehead atoms. The first kappa shape index (κ1) is 10.3. The Kier molecular flexibility index (Phi) is 3.48. The predicted octanol–water partition coefficient (Wildman–Crippen LogP) is 1.79. The molecule has 3 heteroatoms. The molecule has 3 nitrogen and oxygen atoms in total. The summed E-state index contributed by atoms with van der Waals surface area (Å²) in [5, 5.41) is 0. The number of ether oxygens (including phenoxy) is 2. The van der Waals surface area contributed by atoms with E-state index in [1.165, 1.54) is 0 Å². The first-order valence-electron chi connectivity index (χ1n) is 4.54. The summed E-state index contributed by atoms with van der Waals surface area (Å²) in [6.45, 7) is 7.83. The van der Waals surface area contributed by atoms with Gasteiger partial charge in [0.15, 0.2) is 0 Å². The van der Waals surface area contributed by atoms with Crippen molar-refractivity contribution in [3.63, 3.8) is 0 Å². The first-order chi connectivity index (χ1) is 6.14. The molecule has 0 aromatic heterocycles. The number of hydrogen-bond donors (Lipinski definition) is 0. The van der Waals surface area contributed by atoms with Crippen LogP contribution in [0.1, 0.15) is 20.8 Å². The molecule has 1 aliphatic rings. The van der Waals surface area contributed by atoms with Gasteiger partial charge in [-0.3, -0.25) is 0 Å². The topological polar surface area (TPSA) is 30.8 Å². The van der Waals surface area contributed by atoms with Crippen LogP contribution in [-0.4, -0.2) is 31.3 Å². The molecule has 13 heavy (non-hydrogen) atoms. The number of hydrogen-bond acceptors (Lipinski definition) is 3. The fraction of sp³-hybridized carbons (Fsp3) is 0.700. The van der Waals surface area contributed by atoms with Crippen LogP contribution in [0.15, 0.2) is 17.1 Å². The van der Waals surface area contributed by atoms with Gasteiger partial charge >= 0.3 is 0 Å². The summed E-state index contributed by atoms with van der Waals surface area (Å²) in [5.74, 6) is 0.717. The van der Waals surface area contributed by atoms with E-state index >= 15 is 0 Å². The molecule has 0 spiro atoms. The maximum Gasteiger partial charge on any atom is 0.210 e. The highest BCUT2D eigenvalue weighted by atomic mass is 16.5.